The molecular weight excluding hydrogens is 252 g/mol. The molecule has 100 valence electrons. The van der Waals surface area contributed by atoms with Gasteiger partial charge in [-0.15, -0.1) is 11.3 Å². The van der Waals surface area contributed by atoms with E-state index in [4.69, 9.17) is 0 Å². The summed E-state index contributed by atoms with van der Waals surface area (Å²) in [6.45, 7) is 3.04. The highest BCUT2D eigenvalue weighted by Gasteiger charge is 2.19. The number of thiazole rings is 1. The molecule has 1 atom stereocenters. The molecule has 1 N–H and O–H groups in total. The summed E-state index contributed by atoms with van der Waals surface area (Å²) in [4.78, 5) is 4.63. The van der Waals surface area contributed by atoms with Crippen molar-refractivity contribution in [3.05, 3.63) is 51.5 Å². The van der Waals surface area contributed by atoms with E-state index in [1.165, 1.54) is 41.1 Å². The van der Waals surface area contributed by atoms with Gasteiger partial charge >= 0.3 is 0 Å². The Hall–Kier alpha value is -1.19. The summed E-state index contributed by atoms with van der Waals surface area (Å²) in [5, 5.41) is 7.09. The maximum atomic E-state index is 4.63. The average Bonchev–Trinajstić information content (AvgIpc) is 2.93. The predicted octanol–water partition coefficient (Wildman–Crippen LogP) is 3.87. The van der Waals surface area contributed by atoms with Gasteiger partial charge in [0, 0.05) is 18.0 Å². The summed E-state index contributed by atoms with van der Waals surface area (Å²) in [5.41, 5.74) is 4.18. The zero-order valence-corrected chi connectivity index (χ0v) is 12.2. The van der Waals surface area contributed by atoms with Crippen molar-refractivity contribution < 1.29 is 0 Å². The number of rotatable bonds is 4. The van der Waals surface area contributed by atoms with Gasteiger partial charge in [-0.1, -0.05) is 31.2 Å². The van der Waals surface area contributed by atoms with Gasteiger partial charge in [-0.2, -0.15) is 0 Å². The fourth-order valence-electron chi connectivity index (χ4n) is 2.79. The number of aryl methyl sites for hydroxylation is 2. The second kappa shape index (κ2) is 5.85. The monoisotopic (exact) mass is 272 g/mol. The van der Waals surface area contributed by atoms with E-state index in [0.29, 0.717) is 6.04 Å². The highest BCUT2D eigenvalue weighted by atomic mass is 32.1. The highest BCUT2D eigenvalue weighted by molar-refractivity contribution is 7.09. The minimum Gasteiger partial charge on any atom is -0.304 e. The zero-order valence-electron chi connectivity index (χ0n) is 11.4. The lowest BCUT2D eigenvalue weighted by Gasteiger charge is -2.26. The number of nitrogens with zero attached hydrogens (tertiary/aromatic N) is 1. The van der Waals surface area contributed by atoms with E-state index in [0.717, 1.165) is 13.0 Å². The lowest BCUT2D eigenvalue weighted by molar-refractivity contribution is 0.456. The molecule has 3 rings (SSSR count). The van der Waals surface area contributed by atoms with Crippen molar-refractivity contribution in [1.82, 2.24) is 10.3 Å². The molecule has 0 aliphatic heterocycles. The van der Waals surface area contributed by atoms with Gasteiger partial charge in [0.15, 0.2) is 0 Å². The Bertz CT molecular complexity index is 547. The van der Waals surface area contributed by atoms with Crippen molar-refractivity contribution in [1.29, 1.82) is 0 Å². The minimum absolute atomic E-state index is 0.497. The van der Waals surface area contributed by atoms with Gasteiger partial charge in [0.2, 0.25) is 0 Å². The van der Waals surface area contributed by atoms with Crippen molar-refractivity contribution in [2.24, 2.45) is 0 Å². The molecule has 1 heterocycles. The van der Waals surface area contributed by atoms with E-state index >= 15 is 0 Å². The van der Waals surface area contributed by atoms with Gasteiger partial charge in [-0.05, 0) is 36.8 Å². The van der Waals surface area contributed by atoms with Crippen LogP contribution in [0.1, 0.15) is 47.6 Å². The summed E-state index contributed by atoms with van der Waals surface area (Å²) in [5.74, 6) is 0. The summed E-state index contributed by atoms with van der Waals surface area (Å²) in [6.07, 6.45) is 4.79. The predicted molar refractivity (Wildman–Crippen MR) is 80.5 cm³/mol. The van der Waals surface area contributed by atoms with Crippen molar-refractivity contribution in [2.75, 3.05) is 0 Å². The molecule has 1 unspecified atom stereocenters. The quantitative estimate of drug-likeness (QED) is 0.914. The molecule has 2 aromatic rings. The van der Waals surface area contributed by atoms with Crippen molar-refractivity contribution in [2.45, 2.75) is 45.2 Å². The Labute approximate surface area is 118 Å². The number of nitrogens with one attached hydrogen (secondary N) is 1. The van der Waals surface area contributed by atoms with E-state index in [9.17, 15) is 0 Å². The molecule has 3 heteroatoms. The van der Waals surface area contributed by atoms with Gasteiger partial charge in [0.25, 0.3) is 0 Å². The SMILES string of the molecule is CCc1nc(CNC2CCCc3ccccc32)cs1. The van der Waals surface area contributed by atoms with Crippen LogP contribution in [0.15, 0.2) is 29.6 Å². The van der Waals surface area contributed by atoms with Crippen LogP contribution >= 0.6 is 11.3 Å². The number of fused-ring (bicyclic) bond motifs is 1. The van der Waals surface area contributed by atoms with Crippen LogP contribution in [0.3, 0.4) is 0 Å². The number of aromatic nitrogens is 1. The smallest absolute Gasteiger partial charge is 0.0926 e. The molecule has 0 spiro atoms. The van der Waals surface area contributed by atoms with E-state index in [2.05, 4.69) is 46.9 Å². The first-order valence-corrected chi connectivity index (χ1v) is 7.99. The molecule has 1 aromatic heterocycles. The Morgan fingerprint density at radius 1 is 1.37 bits per heavy atom. The Morgan fingerprint density at radius 2 is 2.26 bits per heavy atom. The zero-order chi connectivity index (χ0) is 13.1. The molecule has 19 heavy (non-hydrogen) atoms. The van der Waals surface area contributed by atoms with Gasteiger partial charge in [-0.3, -0.25) is 0 Å². The third-order valence-corrected chi connectivity index (χ3v) is 4.84. The molecule has 1 aliphatic carbocycles. The van der Waals surface area contributed by atoms with Crippen LogP contribution in [0.5, 0.6) is 0 Å². The van der Waals surface area contributed by atoms with Crippen LogP contribution in [0.4, 0.5) is 0 Å². The topological polar surface area (TPSA) is 24.9 Å². The van der Waals surface area contributed by atoms with Gasteiger partial charge in [-0.25, -0.2) is 4.98 Å². The first-order chi connectivity index (χ1) is 9.36. The Morgan fingerprint density at radius 3 is 3.11 bits per heavy atom. The lowest BCUT2D eigenvalue weighted by atomic mass is 9.88. The van der Waals surface area contributed by atoms with Gasteiger partial charge < -0.3 is 5.32 Å². The fourth-order valence-corrected chi connectivity index (χ4v) is 3.53. The average molecular weight is 272 g/mol. The van der Waals surface area contributed by atoms with Gasteiger partial charge in [0.05, 0.1) is 10.7 Å². The van der Waals surface area contributed by atoms with Crippen molar-refractivity contribution in [3.8, 4) is 0 Å². The number of hydrogen-bond donors (Lipinski definition) is 1. The second-order valence-electron chi connectivity index (χ2n) is 5.11. The summed E-state index contributed by atoms with van der Waals surface area (Å²) in [7, 11) is 0. The van der Waals surface area contributed by atoms with E-state index < -0.39 is 0 Å². The fraction of sp³-hybridized carbons (Fsp3) is 0.438. The molecule has 0 radical (unpaired) electrons. The molecule has 1 aliphatic rings. The lowest BCUT2D eigenvalue weighted by Crippen LogP contribution is -2.24. The molecule has 0 bridgehead atoms. The normalized spacial score (nSPS) is 18.3. The van der Waals surface area contributed by atoms with E-state index in [-0.39, 0.29) is 0 Å². The number of hydrogen-bond acceptors (Lipinski definition) is 3. The van der Waals surface area contributed by atoms with E-state index in [1.54, 1.807) is 11.3 Å². The second-order valence-corrected chi connectivity index (χ2v) is 6.05. The van der Waals surface area contributed by atoms with Crippen LogP contribution in [-0.4, -0.2) is 4.98 Å². The van der Waals surface area contributed by atoms with Crippen molar-refractivity contribution >= 4 is 11.3 Å². The van der Waals surface area contributed by atoms with Crippen molar-refractivity contribution in [3.63, 3.8) is 0 Å². The third kappa shape index (κ3) is 2.88. The standard InChI is InChI=1S/C16H20N2S/c1-2-16-18-13(11-19-16)10-17-15-9-5-7-12-6-3-4-8-14(12)15/h3-4,6,8,11,15,17H,2,5,7,9-10H2,1H3. The minimum atomic E-state index is 0.497. The first kappa shape index (κ1) is 12.8. The van der Waals surface area contributed by atoms with Crippen LogP contribution in [0, 0.1) is 0 Å². The highest BCUT2D eigenvalue weighted by Crippen LogP contribution is 2.29. The largest absolute Gasteiger partial charge is 0.304 e. The maximum absolute atomic E-state index is 4.63. The number of benzene rings is 1. The maximum Gasteiger partial charge on any atom is 0.0926 e. The molecule has 0 fully saturated rings. The molecular formula is C16H20N2S. The summed E-state index contributed by atoms with van der Waals surface area (Å²) >= 11 is 1.77. The van der Waals surface area contributed by atoms with Crippen LogP contribution in [-0.2, 0) is 19.4 Å². The summed E-state index contributed by atoms with van der Waals surface area (Å²) < 4.78 is 0. The Kier molecular flexibility index (Phi) is 3.95. The van der Waals surface area contributed by atoms with Crippen LogP contribution in [0.2, 0.25) is 0 Å². The molecule has 2 nitrogen and oxygen atoms in total. The van der Waals surface area contributed by atoms with Gasteiger partial charge in [0.1, 0.15) is 0 Å². The molecule has 0 saturated heterocycles. The van der Waals surface area contributed by atoms with E-state index in [1.807, 2.05) is 0 Å². The summed E-state index contributed by atoms with van der Waals surface area (Å²) in [6, 6.07) is 9.33. The molecule has 1 aromatic carbocycles. The van der Waals surface area contributed by atoms with Crippen LogP contribution in [0.25, 0.3) is 0 Å². The third-order valence-electron chi connectivity index (χ3n) is 3.80. The molecule has 0 amide bonds. The first-order valence-electron chi connectivity index (χ1n) is 7.11. The Balaban J connectivity index is 1.68. The van der Waals surface area contributed by atoms with Crippen LogP contribution < -0.4 is 5.32 Å². The molecule has 0 saturated carbocycles.